The Morgan fingerprint density at radius 1 is 1.00 bits per heavy atom. The summed E-state index contributed by atoms with van der Waals surface area (Å²) in [6.45, 7) is 0. The first-order valence-corrected chi connectivity index (χ1v) is 9.54. The molecule has 1 amide bonds. The van der Waals surface area contributed by atoms with Crippen LogP contribution in [0.3, 0.4) is 0 Å². The molecule has 0 aliphatic carbocycles. The lowest BCUT2D eigenvalue weighted by atomic mass is 10.2. The molecule has 0 spiro atoms. The normalized spacial score (nSPS) is 11.1. The minimum absolute atomic E-state index is 0.0528. The maximum atomic E-state index is 13.6. The second-order valence-electron chi connectivity index (χ2n) is 5.05. The molecule has 0 bridgehead atoms. The molecule has 0 saturated carbocycles. The SMILES string of the molecule is O=C(Nc1ccccc1F)c1cccc(NS(=O)(=O)c2cccs2)c1. The highest BCUT2D eigenvalue weighted by atomic mass is 32.2. The largest absolute Gasteiger partial charge is 0.319 e. The third kappa shape index (κ3) is 4.04. The first-order valence-electron chi connectivity index (χ1n) is 7.18. The third-order valence-electron chi connectivity index (χ3n) is 3.26. The molecule has 0 radical (unpaired) electrons. The van der Waals surface area contributed by atoms with Crippen molar-refractivity contribution in [2.75, 3.05) is 10.0 Å². The van der Waals surface area contributed by atoms with E-state index < -0.39 is 21.7 Å². The van der Waals surface area contributed by atoms with Gasteiger partial charge in [-0.1, -0.05) is 24.3 Å². The molecule has 1 aromatic heterocycles. The van der Waals surface area contributed by atoms with Crippen LogP contribution in [0, 0.1) is 5.82 Å². The zero-order valence-electron chi connectivity index (χ0n) is 12.8. The monoisotopic (exact) mass is 376 g/mol. The van der Waals surface area contributed by atoms with Gasteiger partial charge in [-0.15, -0.1) is 11.3 Å². The molecule has 2 N–H and O–H groups in total. The number of thiophene rings is 1. The fourth-order valence-electron chi connectivity index (χ4n) is 2.10. The van der Waals surface area contributed by atoms with Crippen molar-refractivity contribution in [1.82, 2.24) is 0 Å². The molecule has 1 heterocycles. The molecule has 5 nitrogen and oxygen atoms in total. The van der Waals surface area contributed by atoms with Gasteiger partial charge in [0.25, 0.3) is 15.9 Å². The third-order valence-corrected chi connectivity index (χ3v) is 6.04. The fraction of sp³-hybridized carbons (Fsp3) is 0. The van der Waals surface area contributed by atoms with Gasteiger partial charge < -0.3 is 5.32 Å². The van der Waals surface area contributed by atoms with Crippen molar-refractivity contribution >= 4 is 38.6 Å². The van der Waals surface area contributed by atoms with E-state index in [-0.39, 0.29) is 21.1 Å². The molecule has 0 saturated heterocycles. The van der Waals surface area contributed by atoms with Gasteiger partial charge in [-0.05, 0) is 41.8 Å². The lowest BCUT2D eigenvalue weighted by molar-refractivity contribution is 0.102. The summed E-state index contributed by atoms with van der Waals surface area (Å²) in [5, 5.41) is 4.11. The van der Waals surface area contributed by atoms with Crippen molar-refractivity contribution in [3.8, 4) is 0 Å². The van der Waals surface area contributed by atoms with Crippen LogP contribution < -0.4 is 10.0 Å². The highest BCUT2D eigenvalue weighted by Gasteiger charge is 2.16. The van der Waals surface area contributed by atoms with Gasteiger partial charge in [0.05, 0.1) is 5.69 Å². The summed E-state index contributed by atoms with van der Waals surface area (Å²) >= 11 is 1.09. The van der Waals surface area contributed by atoms with E-state index in [0.29, 0.717) is 0 Å². The number of sulfonamides is 1. The summed E-state index contributed by atoms with van der Waals surface area (Å²) in [4.78, 5) is 12.3. The minimum Gasteiger partial charge on any atom is -0.319 e. The molecule has 25 heavy (non-hydrogen) atoms. The van der Waals surface area contributed by atoms with E-state index in [2.05, 4.69) is 10.0 Å². The molecule has 2 aromatic carbocycles. The number of para-hydroxylation sites is 1. The molecule has 3 aromatic rings. The first-order chi connectivity index (χ1) is 12.0. The van der Waals surface area contributed by atoms with Gasteiger partial charge in [0.15, 0.2) is 0 Å². The number of amides is 1. The number of anilines is 2. The van der Waals surface area contributed by atoms with E-state index in [1.165, 1.54) is 42.5 Å². The van der Waals surface area contributed by atoms with Crippen LogP contribution in [0.1, 0.15) is 10.4 Å². The number of nitrogens with one attached hydrogen (secondary N) is 2. The summed E-state index contributed by atoms with van der Waals surface area (Å²) in [6, 6.07) is 14.9. The molecular weight excluding hydrogens is 363 g/mol. The summed E-state index contributed by atoms with van der Waals surface area (Å²) in [7, 11) is -3.70. The second kappa shape index (κ2) is 7.04. The smallest absolute Gasteiger partial charge is 0.271 e. The van der Waals surface area contributed by atoms with Crippen LogP contribution in [0.5, 0.6) is 0 Å². The Labute approximate surface area is 148 Å². The number of carbonyl (C=O) groups excluding carboxylic acids is 1. The Morgan fingerprint density at radius 2 is 1.80 bits per heavy atom. The predicted molar refractivity (Wildman–Crippen MR) is 95.9 cm³/mol. The maximum Gasteiger partial charge on any atom is 0.271 e. The zero-order valence-corrected chi connectivity index (χ0v) is 14.4. The molecule has 0 fully saturated rings. The summed E-state index contributed by atoms with van der Waals surface area (Å²) in [5.74, 6) is -1.09. The van der Waals surface area contributed by atoms with Crippen molar-refractivity contribution in [2.24, 2.45) is 0 Å². The van der Waals surface area contributed by atoms with Crippen LogP contribution in [0.15, 0.2) is 70.3 Å². The van der Waals surface area contributed by atoms with E-state index in [4.69, 9.17) is 0 Å². The van der Waals surface area contributed by atoms with E-state index >= 15 is 0 Å². The van der Waals surface area contributed by atoms with Crippen LogP contribution in [-0.2, 0) is 10.0 Å². The van der Waals surface area contributed by atoms with E-state index in [0.717, 1.165) is 11.3 Å². The van der Waals surface area contributed by atoms with Gasteiger partial charge in [-0.3, -0.25) is 9.52 Å². The Balaban J connectivity index is 1.80. The Bertz CT molecular complexity index is 1000. The lowest BCUT2D eigenvalue weighted by Crippen LogP contribution is -2.15. The van der Waals surface area contributed by atoms with Crippen molar-refractivity contribution in [1.29, 1.82) is 0 Å². The highest BCUT2D eigenvalue weighted by Crippen LogP contribution is 2.21. The van der Waals surface area contributed by atoms with Gasteiger partial charge in [0.1, 0.15) is 10.0 Å². The Morgan fingerprint density at radius 3 is 2.52 bits per heavy atom. The lowest BCUT2D eigenvalue weighted by Gasteiger charge is -2.09. The summed E-state index contributed by atoms with van der Waals surface area (Å²) in [5.41, 5.74) is 0.501. The van der Waals surface area contributed by atoms with Crippen LogP contribution in [0.25, 0.3) is 0 Å². The Kier molecular flexibility index (Phi) is 4.82. The maximum absolute atomic E-state index is 13.6. The van der Waals surface area contributed by atoms with E-state index in [1.54, 1.807) is 23.6 Å². The molecule has 128 valence electrons. The van der Waals surface area contributed by atoms with Crippen LogP contribution in [-0.4, -0.2) is 14.3 Å². The number of carbonyl (C=O) groups is 1. The van der Waals surface area contributed by atoms with E-state index in [9.17, 15) is 17.6 Å². The average molecular weight is 376 g/mol. The minimum atomic E-state index is -3.70. The molecule has 3 rings (SSSR count). The van der Waals surface area contributed by atoms with E-state index in [1.807, 2.05) is 0 Å². The van der Waals surface area contributed by atoms with Crippen LogP contribution in [0.4, 0.5) is 15.8 Å². The zero-order chi connectivity index (χ0) is 17.9. The Hall–Kier alpha value is -2.71. The number of hydrogen-bond donors (Lipinski definition) is 2. The van der Waals surface area contributed by atoms with Crippen LogP contribution >= 0.6 is 11.3 Å². The number of benzene rings is 2. The molecule has 0 aliphatic heterocycles. The topological polar surface area (TPSA) is 75.3 Å². The summed E-state index contributed by atoms with van der Waals surface area (Å²) in [6.07, 6.45) is 0. The quantitative estimate of drug-likeness (QED) is 0.708. The van der Waals surface area contributed by atoms with Crippen LogP contribution in [0.2, 0.25) is 0 Å². The fourth-order valence-corrected chi connectivity index (χ4v) is 4.15. The molecule has 0 aliphatic rings. The summed E-state index contributed by atoms with van der Waals surface area (Å²) < 4.78 is 40.7. The van der Waals surface area contributed by atoms with Gasteiger partial charge >= 0.3 is 0 Å². The van der Waals surface area contributed by atoms with Crippen molar-refractivity contribution in [3.63, 3.8) is 0 Å². The molecule has 0 atom stereocenters. The molecule has 0 unspecified atom stereocenters. The number of hydrogen-bond acceptors (Lipinski definition) is 4. The first kappa shape index (κ1) is 17.1. The average Bonchev–Trinajstić information content (AvgIpc) is 3.12. The van der Waals surface area contributed by atoms with Gasteiger partial charge in [-0.2, -0.15) is 0 Å². The highest BCUT2D eigenvalue weighted by molar-refractivity contribution is 7.94. The van der Waals surface area contributed by atoms with Crippen molar-refractivity contribution < 1.29 is 17.6 Å². The van der Waals surface area contributed by atoms with Crippen molar-refractivity contribution in [3.05, 3.63) is 77.4 Å². The number of rotatable bonds is 5. The molecular formula is C17H13FN2O3S2. The second-order valence-corrected chi connectivity index (χ2v) is 7.91. The number of halogens is 1. The van der Waals surface area contributed by atoms with Gasteiger partial charge in [0.2, 0.25) is 0 Å². The van der Waals surface area contributed by atoms with Gasteiger partial charge in [0, 0.05) is 11.3 Å². The predicted octanol–water partition coefficient (Wildman–Crippen LogP) is 3.94. The molecule has 8 heteroatoms. The van der Waals surface area contributed by atoms with Crippen molar-refractivity contribution in [2.45, 2.75) is 4.21 Å². The van der Waals surface area contributed by atoms with Gasteiger partial charge in [-0.25, -0.2) is 12.8 Å². The standard InChI is InChI=1S/C17H13FN2O3S2/c18-14-7-1-2-8-15(14)19-17(21)12-5-3-6-13(11-12)20-25(22,23)16-9-4-10-24-16/h1-11,20H,(H,19,21).